The molecule has 7 heteroatoms. The molecule has 1 aromatic carbocycles. The van der Waals surface area contributed by atoms with Crippen molar-refractivity contribution in [1.29, 1.82) is 0 Å². The number of nitrogens with zero attached hydrogens (tertiary/aromatic N) is 4. The summed E-state index contributed by atoms with van der Waals surface area (Å²) < 4.78 is 13.8. The van der Waals surface area contributed by atoms with Gasteiger partial charge in [-0.1, -0.05) is 18.2 Å². The number of benzene rings is 1. The van der Waals surface area contributed by atoms with Gasteiger partial charge in [0.1, 0.15) is 5.82 Å². The van der Waals surface area contributed by atoms with E-state index in [4.69, 9.17) is 0 Å². The second-order valence-corrected chi connectivity index (χ2v) is 7.99. The molecule has 3 fully saturated rings. The first-order chi connectivity index (χ1) is 12.8. The monoisotopic (exact) mass is 376 g/mol. The van der Waals surface area contributed by atoms with Gasteiger partial charge in [0.2, 0.25) is 5.91 Å². The average molecular weight is 376 g/mol. The van der Waals surface area contributed by atoms with Gasteiger partial charge in [0.25, 0.3) is 0 Å². The van der Waals surface area contributed by atoms with Gasteiger partial charge in [0.05, 0.1) is 6.54 Å². The molecule has 4 rings (SSSR count). The Kier molecular flexibility index (Phi) is 5.99. The van der Waals surface area contributed by atoms with E-state index < -0.39 is 0 Å². The lowest BCUT2D eigenvalue weighted by Crippen LogP contribution is -2.50. The minimum absolute atomic E-state index is 0.0119. The molecule has 1 aromatic rings. The third-order valence-corrected chi connectivity index (χ3v) is 5.49. The predicted octanol–water partition coefficient (Wildman–Crippen LogP) is 1.86. The summed E-state index contributed by atoms with van der Waals surface area (Å²) in [5, 5.41) is 0. The lowest BCUT2D eigenvalue weighted by Gasteiger charge is -2.37. The van der Waals surface area contributed by atoms with Gasteiger partial charge in [-0.2, -0.15) is 0 Å². The number of piperidine rings is 1. The van der Waals surface area contributed by atoms with Crippen molar-refractivity contribution >= 4 is 11.9 Å². The zero-order chi connectivity index (χ0) is 19.6. The SMILES string of the molecule is CN(CC(=O)N1C[C@H]2CC[C@@H]1CN(C(=O)N(C)C)C2)Cc1ccccc1F. The van der Waals surface area contributed by atoms with E-state index in [1.54, 1.807) is 37.2 Å². The van der Waals surface area contributed by atoms with Gasteiger partial charge in [-0.3, -0.25) is 9.69 Å². The van der Waals surface area contributed by atoms with Crippen LogP contribution in [0.5, 0.6) is 0 Å². The first-order valence-electron chi connectivity index (χ1n) is 9.52. The molecule has 2 bridgehead atoms. The topological polar surface area (TPSA) is 47.1 Å². The molecule has 3 saturated heterocycles. The number of rotatable bonds is 4. The van der Waals surface area contributed by atoms with E-state index >= 15 is 0 Å². The average Bonchev–Trinajstić information content (AvgIpc) is 2.94. The molecule has 0 N–H and O–H groups in total. The van der Waals surface area contributed by atoms with Crippen LogP contribution in [0.2, 0.25) is 0 Å². The lowest BCUT2D eigenvalue weighted by atomic mass is 9.95. The van der Waals surface area contributed by atoms with Crippen molar-refractivity contribution in [3.05, 3.63) is 35.6 Å². The Labute approximate surface area is 160 Å². The highest BCUT2D eigenvalue weighted by Crippen LogP contribution is 2.28. The highest BCUT2D eigenvalue weighted by Gasteiger charge is 2.38. The van der Waals surface area contributed by atoms with E-state index in [-0.39, 0.29) is 30.3 Å². The molecule has 148 valence electrons. The van der Waals surface area contributed by atoms with Crippen molar-refractivity contribution in [3.63, 3.8) is 0 Å². The number of halogens is 1. The van der Waals surface area contributed by atoms with Crippen LogP contribution < -0.4 is 0 Å². The van der Waals surface area contributed by atoms with E-state index in [0.717, 1.165) is 12.8 Å². The molecular weight excluding hydrogens is 347 g/mol. The fourth-order valence-corrected chi connectivity index (χ4v) is 4.12. The summed E-state index contributed by atoms with van der Waals surface area (Å²) >= 11 is 0. The number of hydrogen-bond donors (Lipinski definition) is 0. The minimum Gasteiger partial charge on any atom is -0.336 e. The fourth-order valence-electron chi connectivity index (χ4n) is 4.12. The highest BCUT2D eigenvalue weighted by molar-refractivity contribution is 5.79. The molecule has 0 spiro atoms. The minimum atomic E-state index is -0.247. The van der Waals surface area contributed by atoms with Crippen molar-refractivity contribution in [2.75, 3.05) is 47.3 Å². The molecule has 2 atom stereocenters. The normalized spacial score (nSPS) is 22.1. The molecule has 27 heavy (non-hydrogen) atoms. The van der Waals surface area contributed by atoms with Crippen LogP contribution in [0.15, 0.2) is 24.3 Å². The standard InChI is InChI=1S/C20H29FN4O2/c1-22(2)20(27)24-10-15-8-9-17(13-24)25(11-15)19(26)14-23(3)12-16-6-4-5-7-18(16)21/h4-7,15,17H,8-14H2,1-3H3/t15-,17+/m0/s1. The van der Waals surface area contributed by atoms with Crippen LogP contribution in [-0.4, -0.2) is 84.9 Å². The Morgan fingerprint density at radius 2 is 1.85 bits per heavy atom. The molecule has 0 radical (unpaired) electrons. The van der Waals surface area contributed by atoms with Crippen LogP contribution >= 0.6 is 0 Å². The van der Waals surface area contributed by atoms with Crippen molar-refractivity contribution in [3.8, 4) is 0 Å². The lowest BCUT2D eigenvalue weighted by molar-refractivity contribution is -0.136. The Morgan fingerprint density at radius 1 is 1.11 bits per heavy atom. The van der Waals surface area contributed by atoms with Crippen LogP contribution in [0.25, 0.3) is 0 Å². The number of carbonyl (C=O) groups is 2. The van der Waals surface area contributed by atoms with Crippen molar-refractivity contribution < 1.29 is 14.0 Å². The van der Waals surface area contributed by atoms with Crippen LogP contribution in [0.4, 0.5) is 9.18 Å². The summed E-state index contributed by atoms with van der Waals surface area (Å²) in [6, 6.07) is 6.74. The summed E-state index contributed by atoms with van der Waals surface area (Å²) in [5.74, 6) is 0.139. The number of hydrogen-bond acceptors (Lipinski definition) is 3. The van der Waals surface area contributed by atoms with Gasteiger partial charge < -0.3 is 14.7 Å². The van der Waals surface area contributed by atoms with Crippen LogP contribution in [0.1, 0.15) is 18.4 Å². The van der Waals surface area contributed by atoms with Gasteiger partial charge in [-0.15, -0.1) is 0 Å². The Bertz CT molecular complexity index is 696. The fraction of sp³-hybridized carbons (Fsp3) is 0.600. The molecule has 0 aromatic heterocycles. The van der Waals surface area contributed by atoms with Gasteiger partial charge in [-0.25, -0.2) is 9.18 Å². The van der Waals surface area contributed by atoms with Crippen molar-refractivity contribution in [1.82, 2.24) is 19.6 Å². The number of fused-ring (bicyclic) bond motifs is 4. The van der Waals surface area contributed by atoms with E-state index in [9.17, 15) is 14.0 Å². The van der Waals surface area contributed by atoms with E-state index in [1.165, 1.54) is 6.07 Å². The molecule has 3 aliphatic heterocycles. The number of likely N-dealkylation sites (N-methyl/N-ethyl adjacent to an activating group) is 1. The van der Waals surface area contributed by atoms with E-state index in [2.05, 4.69) is 0 Å². The molecule has 0 unspecified atom stereocenters. The molecule has 0 aliphatic carbocycles. The molecule has 3 amide bonds. The van der Waals surface area contributed by atoms with Gasteiger partial charge in [-0.05, 0) is 31.9 Å². The van der Waals surface area contributed by atoms with Gasteiger partial charge in [0.15, 0.2) is 0 Å². The zero-order valence-corrected chi connectivity index (χ0v) is 16.4. The van der Waals surface area contributed by atoms with E-state index in [0.29, 0.717) is 37.7 Å². The number of amides is 3. The highest BCUT2D eigenvalue weighted by atomic mass is 19.1. The second-order valence-electron chi connectivity index (χ2n) is 7.99. The van der Waals surface area contributed by atoms with Crippen LogP contribution in [0.3, 0.4) is 0 Å². The largest absolute Gasteiger partial charge is 0.336 e. The smallest absolute Gasteiger partial charge is 0.319 e. The first-order valence-corrected chi connectivity index (χ1v) is 9.52. The summed E-state index contributed by atoms with van der Waals surface area (Å²) in [5.41, 5.74) is 0.591. The van der Waals surface area contributed by atoms with E-state index in [1.807, 2.05) is 21.7 Å². The third-order valence-electron chi connectivity index (χ3n) is 5.49. The number of urea groups is 1. The quantitative estimate of drug-likeness (QED) is 0.806. The summed E-state index contributed by atoms with van der Waals surface area (Å²) in [6.45, 7) is 2.65. The van der Waals surface area contributed by atoms with Crippen LogP contribution in [-0.2, 0) is 11.3 Å². The number of carbonyl (C=O) groups excluding carboxylic acids is 2. The molecule has 0 saturated carbocycles. The summed E-state index contributed by atoms with van der Waals surface area (Å²) in [6.07, 6.45) is 1.99. The van der Waals surface area contributed by atoms with Crippen molar-refractivity contribution in [2.45, 2.75) is 25.4 Å². The van der Waals surface area contributed by atoms with Gasteiger partial charge >= 0.3 is 6.03 Å². The second kappa shape index (κ2) is 8.25. The summed E-state index contributed by atoms with van der Waals surface area (Å²) in [7, 11) is 5.35. The maximum atomic E-state index is 13.8. The maximum absolute atomic E-state index is 13.8. The zero-order valence-electron chi connectivity index (χ0n) is 16.4. The van der Waals surface area contributed by atoms with Crippen LogP contribution in [0, 0.1) is 11.7 Å². The summed E-state index contributed by atoms with van der Waals surface area (Å²) in [4.78, 5) is 32.5. The Balaban J connectivity index is 1.62. The Morgan fingerprint density at radius 3 is 2.56 bits per heavy atom. The molecule has 3 aliphatic rings. The maximum Gasteiger partial charge on any atom is 0.319 e. The van der Waals surface area contributed by atoms with Gasteiger partial charge in [0, 0.05) is 51.9 Å². The molecular formula is C20H29FN4O2. The molecule has 6 nitrogen and oxygen atoms in total. The Hall–Kier alpha value is -2.15. The first kappa shape index (κ1) is 19.6. The third kappa shape index (κ3) is 4.58. The molecule has 3 heterocycles. The van der Waals surface area contributed by atoms with Crippen molar-refractivity contribution in [2.24, 2.45) is 5.92 Å². The predicted molar refractivity (Wildman–Crippen MR) is 102 cm³/mol.